The van der Waals surface area contributed by atoms with Crippen LogP contribution in [0.4, 0.5) is 5.69 Å². The Morgan fingerprint density at radius 1 is 0.967 bits per heavy atom. The van der Waals surface area contributed by atoms with Crippen molar-refractivity contribution in [2.24, 2.45) is 0 Å². The molecular weight excluding hydrogens is 398 g/mol. The van der Waals surface area contributed by atoms with Crippen molar-refractivity contribution in [2.45, 2.75) is 19.6 Å². The smallest absolute Gasteiger partial charge is 0.121 e. The number of piperazine rings is 1. The van der Waals surface area contributed by atoms with Crippen molar-refractivity contribution in [1.29, 1.82) is 0 Å². The first kappa shape index (κ1) is 21.4. The number of halogens is 1. The van der Waals surface area contributed by atoms with Gasteiger partial charge in [-0.3, -0.25) is 9.80 Å². The molecular formula is C24H32ClN3O2. The molecule has 6 heteroatoms. The molecule has 0 spiro atoms. The highest BCUT2D eigenvalue weighted by Gasteiger charge is 2.23. The molecule has 4 rings (SSSR count). The van der Waals surface area contributed by atoms with E-state index in [-0.39, 0.29) is 0 Å². The minimum atomic E-state index is 0.482. The fourth-order valence-electron chi connectivity index (χ4n) is 4.24. The largest absolute Gasteiger partial charge is 0.489 e. The first-order valence-corrected chi connectivity index (χ1v) is 11.3. The molecule has 0 N–H and O–H groups in total. The fourth-order valence-corrected chi connectivity index (χ4v) is 4.43. The number of anilines is 1. The summed E-state index contributed by atoms with van der Waals surface area (Å²) in [5.41, 5.74) is 2.24. The summed E-state index contributed by atoms with van der Waals surface area (Å²) in [4.78, 5) is 7.60. The average molecular weight is 430 g/mol. The topological polar surface area (TPSA) is 28.2 Å². The summed E-state index contributed by atoms with van der Waals surface area (Å²) in [6.45, 7) is 12.1. The maximum absolute atomic E-state index is 6.24. The Morgan fingerprint density at radius 2 is 1.73 bits per heavy atom. The zero-order valence-electron chi connectivity index (χ0n) is 17.8. The van der Waals surface area contributed by atoms with Crippen molar-refractivity contribution in [1.82, 2.24) is 9.80 Å². The van der Waals surface area contributed by atoms with Crippen molar-refractivity contribution < 1.29 is 9.47 Å². The summed E-state index contributed by atoms with van der Waals surface area (Å²) in [5.74, 6) is 0.885. The quantitative estimate of drug-likeness (QED) is 0.668. The van der Waals surface area contributed by atoms with Crippen LogP contribution in [-0.4, -0.2) is 74.9 Å². The third-order valence-corrected chi connectivity index (χ3v) is 6.47. The molecule has 0 radical (unpaired) electrons. The maximum Gasteiger partial charge on any atom is 0.121 e. The van der Waals surface area contributed by atoms with Crippen molar-refractivity contribution >= 4 is 17.3 Å². The van der Waals surface area contributed by atoms with E-state index < -0.39 is 0 Å². The second-order valence-corrected chi connectivity index (χ2v) is 8.57. The predicted octanol–water partition coefficient (Wildman–Crippen LogP) is 3.76. The molecule has 1 unspecified atom stereocenters. The zero-order chi connectivity index (χ0) is 20.8. The van der Waals surface area contributed by atoms with E-state index in [2.05, 4.69) is 39.8 Å². The molecule has 0 amide bonds. The van der Waals surface area contributed by atoms with Crippen LogP contribution in [0.5, 0.6) is 5.75 Å². The normalized spacial score (nSPS) is 19.6. The number of hydrogen-bond acceptors (Lipinski definition) is 5. The van der Waals surface area contributed by atoms with Crippen LogP contribution in [0, 0.1) is 0 Å². The van der Waals surface area contributed by atoms with E-state index in [0.717, 1.165) is 75.4 Å². The van der Waals surface area contributed by atoms with Crippen LogP contribution in [0.2, 0.25) is 5.02 Å². The first-order chi connectivity index (χ1) is 14.7. The van der Waals surface area contributed by atoms with Crippen LogP contribution in [0.25, 0.3) is 0 Å². The highest BCUT2D eigenvalue weighted by atomic mass is 35.5. The average Bonchev–Trinajstić information content (AvgIpc) is 2.79. The summed E-state index contributed by atoms with van der Waals surface area (Å²) in [5, 5.41) is 0.746. The van der Waals surface area contributed by atoms with Gasteiger partial charge in [-0.1, -0.05) is 35.9 Å². The molecule has 0 aromatic heterocycles. The highest BCUT2D eigenvalue weighted by molar-refractivity contribution is 6.31. The first-order valence-electron chi connectivity index (χ1n) is 10.9. The Hall–Kier alpha value is -1.79. The molecule has 5 nitrogen and oxygen atoms in total. The van der Waals surface area contributed by atoms with Crippen LogP contribution in [0.15, 0.2) is 48.5 Å². The van der Waals surface area contributed by atoms with Gasteiger partial charge in [0, 0.05) is 74.2 Å². The molecule has 2 aromatic carbocycles. The third-order valence-electron chi connectivity index (χ3n) is 6.10. The standard InChI is InChI=1S/C24H32ClN3O2/c1-20(18-26-13-15-29-16-14-26)27-9-11-28(12-10-27)22-6-4-7-23(17-22)30-19-21-5-2-3-8-24(21)25/h2-8,17,20H,9-16,18-19H2,1H3. The second-order valence-electron chi connectivity index (χ2n) is 8.16. The van der Waals surface area contributed by atoms with Crippen LogP contribution in [0.1, 0.15) is 12.5 Å². The molecule has 0 saturated carbocycles. The zero-order valence-corrected chi connectivity index (χ0v) is 18.6. The fraction of sp³-hybridized carbons (Fsp3) is 0.500. The lowest BCUT2D eigenvalue weighted by Crippen LogP contribution is -2.53. The van der Waals surface area contributed by atoms with Crippen LogP contribution >= 0.6 is 11.6 Å². The minimum absolute atomic E-state index is 0.482. The number of benzene rings is 2. The Bertz CT molecular complexity index is 805. The third kappa shape index (κ3) is 5.67. The van der Waals surface area contributed by atoms with Gasteiger partial charge in [0.15, 0.2) is 0 Å². The molecule has 2 heterocycles. The number of ether oxygens (including phenoxy) is 2. The van der Waals surface area contributed by atoms with Crippen LogP contribution in [-0.2, 0) is 11.3 Å². The summed E-state index contributed by atoms with van der Waals surface area (Å²) < 4.78 is 11.5. The number of hydrogen-bond donors (Lipinski definition) is 0. The van der Waals surface area contributed by atoms with Gasteiger partial charge in [-0.05, 0) is 25.1 Å². The lowest BCUT2D eigenvalue weighted by Gasteiger charge is -2.41. The van der Waals surface area contributed by atoms with Gasteiger partial charge in [0.05, 0.1) is 13.2 Å². The lowest BCUT2D eigenvalue weighted by atomic mass is 10.2. The lowest BCUT2D eigenvalue weighted by molar-refractivity contribution is 0.0239. The Kier molecular flexibility index (Phi) is 7.50. The summed E-state index contributed by atoms with van der Waals surface area (Å²) in [7, 11) is 0. The number of rotatable bonds is 7. The predicted molar refractivity (Wildman–Crippen MR) is 123 cm³/mol. The minimum Gasteiger partial charge on any atom is -0.489 e. The monoisotopic (exact) mass is 429 g/mol. The molecule has 2 aromatic rings. The van der Waals surface area contributed by atoms with Crippen molar-refractivity contribution in [3.8, 4) is 5.75 Å². The van der Waals surface area contributed by atoms with E-state index in [0.29, 0.717) is 12.6 Å². The van der Waals surface area contributed by atoms with E-state index >= 15 is 0 Å². The molecule has 30 heavy (non-hydrogen) atoms. The molecule has 2 aliphatic rings. The van der Waals surface area contributed by atoms with Gasteiger partial charge in [0.25, 0.3) is 0 Å². The summed E-state index contributed by atoms with van der Waals surface area (Å²) in [6.07, 6.45) is 0. The van der Waals surface area contributed by atoms with Crippen LogP contribution < -0.4 is 9.64 Å². The van der Waals surface area contributed by atoms with Crippen LogP contribution in [0.3, 0.4) is 0 Å². The Labute approximate surface area is 185 Å². The molecule has 0 aliphatic carbocycles. The van der Waals surface area contributed by atoms with E-state index in [9.17, 15) is 0 Å². The van der Waals surface area contributed by atoms with Crippen molar-refractivity contribution in [3.63, 3.8) is 0 Å². The van der Waals surface area contributed by atoms with Gasteiger partial charge in [0.1, 0.15) is 12.4 Å². The van der Waals surface area contributed by atoms with E-state index in [1.54, 1.807) is 0 Å². The van der Waals surface area contributed by atoms with Gasteiger partial charge < -0.3 is 14.4 Å². The van der Waals surface area contributed by atoms with Gasteiger partial charge in [-0.25, -0.2) is 0 Å². The van der Waals surface area contributed by atoms with Gasteiger partial charge >= 0.3 is 0 Å². The van der Waals surface area contributed by atoms with E-state index in [4.69, 9.17) is 21.1 Å². The van der Waals surface area contributed by atoms with Crippen molar-refractivity contribution in [2.75, 3.05) is 63.9 Å². The van der Waals surface area contributed by atoms with Gasteiger partial charge in [0.2, 0.25) is 0 Å². The summed E-state index contributed by atoms with van der Waals surface area (Å²) >= 11 is 6.24. The molecule has 2 saturated heterocycles. The number of nitrogens with zero attached hydrogens (tertiary/aromatic N) is 3. The molecule has 162 valence electrons. The highest BCUT2D eigenvalue weighted by Crippen LogP contribution is 2.25. The Morgan fingerprint density at radius 3 is 2.50 bits per heavy atom. The molecule has 2 aliphatic heterocycles. The second kappa shape index (κ2) is 10.5. The molecule has 1 atom stereocenters. The molecule has 0 bridgehead atoms. The summed E-state index contributed by atoms with van der Waals surface area (Å²) in [6, 6.07) is 16.8. The van der Waals surface area contributed by atoms with Gasteiger partial charge in [-0.2, -0.15) is 0 Å². The Balaban J connectivity index is 1.28. The molecule has 2 fully saturated rings. The van der Waals surface area contributed by atoms with Gasteiger partial charge in [-0.15, -0.1) is 0 Å². The van der Waals surface area contributed by atoms with E-state index in [1.807, 2.05) is 30.3 Å². The van der Waals surface area contributed by atoms with Crippen molar-refractivity contribution in [3.05, 3.63) is 59.1 Å². The number of morpholine rings is 1. The SMILES string of the molecule is CC(CN1CCOCC1)N1CCN(c2cccc(OCc3ccccc3Cl)c2)CC1. The maximum atomic E-state index is 6.24. The van der Waals surface area contributed by atoms with E-state index in [1.165, 1.54) is 5.69 Å².